The molecule has 3 heterocycles. The van der Waals surface area contributed by atoms with E-state index in [1.165, 1.54) is 21.7 Å². The lowest BCUT2D eigenvalue weighted by atomic mass is 9.99. The number of halogens is 1. The maximum atomic E-state index is 13.0. The van der Waals surface area contributed by atoms with Crippen LogP contribution in [0, 0.1) is 6.92 Å². The van der Waals surface area contributed by atoms with E-state index < -0.39 is 10.0 Å². The Hall–Kier alpha value is -2.20. The van der Waals surface area contributed by atoms with Gasteiger partial charge in [-0.1, -0.05) is 17.7 Å². The van der Waals surface area contributed by atoms with Crippen LogP contribution in [0.5, 0.6) is 0 Å². The van der Waals surface area contributed by atoms with Gasteiger partial charge in [0.25, 0.3) is 5.91 Å². The maximum absolute atomic E-state index is 13.0. The van der Waals surface area contributed by atoms with Gasteiger partial charge in [0.15, 0.2) is 0 Å². The maximum Gasteiger partial charge on any atom is 0.271 e. The van der Waals surface area contributed by atoms with E-state index in [4.69, 9.17) is 16.0 Å². The smallest absolute Gasteiger partial charge is 0.271 e. The highest BCUT2D eigenvalue weighted by atomic mass is 35.5. The molecule has 0 radical (unpaired) electrons. The molecule has 0 saturated carbocycles. The van der Waals surface area contributed by atoms with Gasteiger partial charge in [-0.15, -0.1) is 11.3 Å². The zero-order chi connectivity index (χ0) is 22.0. The zero-order valence-electron chi connectivity index (χ0n) is 16.9. The second-order valence-corrected chi connectivity index (χ2v) is 10.7. The number of hydrogen-bond donors (Lipinski definition) is 1. The summed E-state index contributed by atoms with van der Waals surface area (Å²) in [6.45, 7) is 2.94. The number of carbonyl (C=O) groups excluding carboxylic acids is 1. The van der Waals surface area contributed by atoms with E-state index in [2.05, 4.69) is 10.3 Å². The van der Waals surface area contributed by atoms with E-state index in [0.29, 0.717) is 49.0 Å². The first-order valence-electron chi connectivity index (χ1n) is 9.87. The van der Waals surface area contributed by atoms with Crippen molar-refractivity contribution in [3.8, 4) is 0 Å². The molecule has 1 aliphatic heterocycles. The molecular weight excluding hydrogens is 458 g/mol. The van der Waals surface area contributed by atoms with Crippen molar-refractivity contribution in [2.24, 2.45) is 0 Å². The summed E-state index contributed by atoms with van der Waals surface area (Å²) in [6, 6.07) is 8.38. The van der Waals surface area contributed by atoms with Crippen LogP contribution >= 0.6 is 22.9 Å². The van der Waals surface area contributed by atoms with Crippen LogP contribution in [-0.4, -0.2) is 36.7 Å². The van der Waals surface area contributed by atoms with E-state index in [1.807, 2.05) is 6.92 Å². The van der Waals surface area contributed by atoms with Crippen LogP contribution in [0.25, 0.3) is 0 Å². The number of amides is 1. The Bertz CT molecular complexity index is 1170. The second-order valence-electron chi connectivity index (χ2n) is 7.42. The lowest BCUT2D eigenvalue weighted by Gasteiger charge is -2.30. The molecule has 164 valence electrons. The topological polar surface area (TPSA) is 92.5 Å². The van der Waals surface area contributed by atoms with Crippen molar-refractivity contribution in [1.29, 1.82) is 0 Å². The highest BCUT2D eigenvalue weighted by Crippen LogP contribution is 2.33. The Labute approximate surface area is 190 Å². The Kier molecular flexibility index (Phi) is 6.47. The van der Waals surface area contributed by atoms with Gasteiger partial charge in [0, 0.05) is 29.4 Å². The van der Waals surface area contributed by atoms with E-state index in [1.54, 1.807) is 35.9 Å². The van der Waals surface area contributed by atoms with Crippen LogP contribution in [-0.2, 0) is 16.6 Å². The molecule has 3 aromatic rings. The summed E-state index contributed by atoms with van der Waals surface area (Å²) >= 11 is 7.55. The molecule has 0 bridgehead atoms. The molecule has 0 spiro atoms. The van der Waals surface area contributed by atoms with Crippen molar-refractivity contribution in [2.75, 3.05) is 13.1 Å². The van der Waals surface area contributed by atoms with Gasteiger partial charge in [-0.25, -0.2) is 13.4 Å². The quantitative estimate of drug-likeness (QED) is 0.572. The number of hydrogen-bond acceptors (Lipinski definition) is 6. The Morgan fingerprint density at radius 2 is 2.10 bits per heavy atom. The van der Waals surface area contributed by atoms with Crippen LogP contribution in [0.2, 0.25) is 5.02 Å². The van der Waals surface area contributed by atoms with E-state index >= 15 is 0 Å². The Morgan fingerprint density at radius 1 is 1.32 bits per heavy atom. The van der Waals surface area contributed by atoms with E-state index in [0.717, 1.165) is 10.6 Å². The summed E-state index contributed by atoms with van der Waals surface area (Å²) in [5, 5.41) is 5.83. The zero-order valence-corrected chi connectivity index (χ0v) is 19.3. The lowest BCUT2D eigenvalue weighted by molar-refractivity contribution is 0.0943. The number of rotatable bonds is 6. The number of thiazole rings is 1. The first-order valence-corrected chi connectivity index (χ1v) is 12.6. The molecule has 1 amide bonds. The molecule has 31 heavy (non-hydrogen) atoms. The normalized spacial score (nSPS) is 15.8. The van der Waals surface area contributed by atoms with Gasteiger partial charge in [0.1, 0.15) is 11.5 Å². The van der Waals surface area contributed by atoms with Crippen molar-refractivity contribution in [3.05, 3.63) is 69.0 Å². The minimum Gasteiger partial charge on any atom is -0.467 e. The highest BCUT2D eigenvalue weighted by molar-refractivity contribution is 7.89. The summed E-state index contributed by atoms with van der Waals surface area (Å²) < 4.78 is 32.6. The molecule has 1 N–H and O–H groups in total. The van der Waals surface area contributed by atoms with Gasteiger partial charge in [-0.3, -0.25) is 4.79 Å². The molecule has 1 aliphatic rings. The van der Waals surface area contributed by atoms with E-state index in [9.17, 15) is 13.2 Å². The van der Waals surface area contributed by atoms with E-state index in [-0.39, 0.29) is 16.7 Å². The van der Waals surface area contributed by atoms with Crippen molar-refractivity contribution < 1.29 is 17.6 Å². The van der Waals surface area contributed by atoms with Crippen LogP contribution < -0.4 is 5.32 Å². The molecule has 4 rings (SSSR count). The van der Waals surface area contributed by atoms with Crippen LogP contribution in [0.3, 0.4) is 0 Å². The number of aryl methyl sites for hydroxylation is 1. The lowest BCUT2D eigenvalue weighted by Crippen LogP contribution is -2.37. The third-order valence-corrected chi connectivity index (χ3v) is 8.65. The van der Waals surface area contributed by atoms with Gasteiger partial charge >= 0.3 is 0 Å². The average molecular weight is 480 g/mol. The summed E-state index contributed by atoms with van der Waals surface area (Å²) in [6.07, 6.45) is 2.86. The monoisotopic (exact) mass is 479 g/mol. The van der Waals surface area contributed by atoms with Gasteiger partial charge in [0.2, 0.25) is 10.0 Å². The molecule has 1 aromatic carbocycles. The number of furan rings is 1. The molecule has 7 nitrogen and oxygen atoms in total. The van der Waals surface area contributed by atoms with Gasteiger partial charge in [-0.2, -0.15) is 4.31 Å². The van der Waals surface area contributed by atoms with Crippen LogP contribution in [0.4, 0.5) is 0 Å². The summed E-state index contributed by atoms with van der Waals surface area (Å²) in [4.78, 5) is 17.0. The second kappa shape index (κ2) is 9.12. The number of benzene rings is 1. The fraction of sp³-hybridized carbons (Fsp3) is 0.333. The average Bonchev–Trinajstić information content (AvgIpc) is 3.46. The third kappa shape index (κ3) is 4.85. The first kappa shape index (κ1) is 22.0. The first-order chi connectivity index (χ1) is 14.8. The predicted octanol–water partition coefficient (Wildman–Crippen LogP) is 4.20. The SMILES string of the molecule is Cc1ccc(S(=O)(=O)N2CCC(c3nc(C(=O)NCc4ccco4)cs3)CC2)cc1Cl. The Balaban J connectivity index is 1.36. The fourth-order valence-corrected chi connectivity index (χ4v) is 6.19. The number of nitrogens with one attached hydrogen (secondary N) is 1. The summed E-state index contributed by atoms with van der Waals surface area (Å²) in [5.74, 6) is 0.548. The van der Waals surface area contributed by atoms with Gasteiger partial charge in [-0.05, 0) is 49.6 Å². The molecule has 10 heteroatoms. The number of sulfonamides is 1. The fourth-order valence-electron chi connectivity index (χ4n) is 3.48. The van der Waals surface area contributed by atoms with Crippen molar-refractivity contribution in [3.63, 3.8) is 0 Å². The number of carbonyl (C=O) groups is 1. The minimum absolute atomic E-state index is 0.129. The molecule has 0 aliphatic carbocycles. The van der Waals surface area contributed by atoms with Crippen LogP contribution in [0.1, 0.15) is 45.6 Å². The molecule has 0 unspecified atom stereocenters. The minimum atomic E-state index is -3.59. The van der Waals surface area contributed by atoms with Crippen molar-refractivity contribution in [1.82, 2.24) is 14.6 Å². The van der Waals surface area contributed by atoms with Crippen molar-refractivity contribution >= 4 is 38.9 Å². The molecule has 1 fully saturated rings. The number of aromatic nitrogens is 1. The number of nitrogens with zero attached hydrogens (tertiary/aromatic N) is 2. The summed E-state index contributed by atoms with van der Waals surface area (Å²) in [5.41, 5.74) is 1.21. The van der Waals surface area contributed by atoms with Crippen LogP contribution in [0.15, 0.2) is 51.3 Å². The Morgan fingerprint density at radius 3 is 2.77 bits per heavy atom. The third-order valence-electron chi connectivity index (χ3n) is 5.34. The predicted molar refractivity (Wildman–Crippen MR) is 119 cm³/mol. The summed E-state index contributed by atoms with van der Waals surface area (Å²) in [7, 11) is -3.59. The van der Waals surface area contributed by atoms with Crippen molar-refractivity contribution in [2.45, 2.75) is 37.1 Å². The van der Waals surface area contributed by atoms with Gasteiger partial charge < -0.3 is 9.73 Å². The molecule has 1 saturated heterocycles. The molecular formula is C21H22ClN3O4S2. The number of piperidine rings is 1. The standard InChI is InChI=1S/C21H22ClN3O4S2/c1-14-4-5-17(11-18(14)22)31(27,28)25-8-6-15(7-9-25)21-24-19(13-30-21)20(26)23-12-16-3-2-10-29-16/h2-5,10-11,13,15H,6-9,12H2,1H3,(H,23,26). The largest absolute Gasteiger partial charge is 0.467 e. The molecule has 2 aromatic heterocycles. The van der Waals surface area contributed by atoms with Gasteiger partial charge in [0.05, 0.1) is 22.7 Å². The molecule has 0 atom stereocenters. The highest BCUT2D eigenvalue weighted by Gasteiger charge is 2.31.